The Morgan fingerprint density at radius 2 is 1.56 bits per heavy atom. The van der Waals surface area contributed by atoms with Gasteiger partial charge < -0.3 is 15.3 Å². The number of hydrogen-bond acceptors (Lipinski definition) is 3. The second-order valence-electron chi connectivity index (χ2n) is 5.89. The maximum absolute atomic E-state index is 12.1. The molecule has 0 aliphatic rings. The van der Waals surface area contributed by atoms with Crippen LogP contribution < -0.4 is 16.4 Å². The molecule has 25 heavy (non-hydrogen) atoms. The third-order valence-electron chi connectivity index (χ3n) is 4.08. The number of aromatic nitrogens is 2. The number of nitrogens with one attached hydrogen (secondary N) is 3. The standard InChI is InChI=1S/C19H19N3O3/c1-2-12-3-5-13(6-4-12)7-10-17(23)20-14-8-9-15-16(11-14)22-19(25)18(24)21-15/h3-6,8-9,11H,2,7,10H2,1H3,(H,20,23)(H,21,24)(H,22,25). The predicted molar refractivity (Wildman–Crippen MR) is 98.0 cm³/mol. The molecule has 128 valence electrons. The molecule has 0 aliphatic carbocycles. The van der Waals surface area contributed by atoms with Gasteiger partial charge >= 0.3 is 11.1 Å². The van der Waals surface area contributed by atoms with Crippen LogP contribution >= 0.6 is 0 Å². The summed E-state index contributed by atoms with van der Waals surface area (Å²) in [5.41, 5.74) is 2.53. The van der Waals surface area contributed by atoms with E-state index in [1.807, 2.05) is 12.1 Å². The minimum absolute atomic E-state index is 0.106. The summed E-state index contributed by atoms with van der Waals surface area (Å²) >= 11 is 0. The van der Waals surface area contributed by atoms with E-state index < -0.39 is 11.1 Å². The van der Waals surface area contributed by atoms with Gasteiger partial charge in [-0.25, -0.2) is 0 Å². The summed E-state index contributed by atoms with van der Waals surface area (Å²) in [6.07, 6.45) is 2.02. The molecule has 1 amide bonds. The van der Waals surface area contributed by atoms with E-state index in [1.54, 1.807) is 18.2 Å². The summed E-state index contributed by atoms with van der Waals surface area (Å²) in [7, 11) is 0. The lowest BCUT2D eigenvalue weighted by Gasteiger charge is -2.07. The van der Waals surface area contributed by atoms with Crippen molar-refractivity contribution in [2.45, 2.75) is 26.2 Å². The van der Waals surface area contributed by atoms with Crippen molar-refractivity contribution in [1.82, 2.24) is 9.97 Å². The van der Waals surface area contributed by atoms with Crippen LogP contribution in [0.5, 0.6) is 0 Å². The highest BCUT2D eigenvalue weighted by Gasteiger charge is 2.06. The van der Waals surface area contributed by atoms with E-state index >= 15 is 0 Å². The van der Waals surface area contributed by atoms with Gasteiger partial charge in [0.25, 0.3) is 0 Å². The Morgan fingerprint density at radius 3 is 2.24 bits per heavy atom. The van der Waals surface area contributed by atoms with Crippen LogP contribution in [0.1, 0.15) is 24.5 Å². The lowest BCUT2D eigenvalue weighted by atomic mass is 10.1. The Labute approximate surface area is 143 Å². The molecule has 1 heterocycles. The molecule has 0 bridgehead atoms. The molecule has 0 saturated heterocycles. The number of anilines is 1. The number of H-pyrrole nitrogens is 2. The normalized spacial score (nSPS) is 10.8. The van der Waals surface area contributed by atoms with Crippen LogP contribution in [0.3, 0.4) is 0 Å². The van der Waals surface area contributed by atoms with Crippen LogP contribution in [0.4, 0.5) is 5.69 Å². The molecule has 2 aromatic carbocycles. The molecule has 0 aliphatic heterocycles. The van der Waals surface area contributed by atoms with Crippen LogP contribution in [0.15, 0.2) is 52.1 Å². The first-order chi connectivity index (χ1) is 12.0. The summed E-state index contributed by atoms with van der Waals surface area (Å²) < 4.78 is 0. The molecule has 6 heteroatoms. The zero-order valence-corrected chi connectivity index (χ0v) is 13.9. The molecule has 0 saturated carbocycles. The average Bonchev–Trinajstić information content (AvgIpc) is 2.61. The minimum Gasteiger partial charge on any atom is -0.326 e. The van der Waals surface area contributed by atoms with Crippen molar-refractivity contribution < 1.29 is 4.79 Å². The topological polar surface area (TPSA) is 94.8 Å². The van der Waals surface area contributed by atoms with Gasteiger partial charge in [-0.05, 0) is 42.2 Å². The van der Waals surface area contributed by atoms with Crippen molar-refractivity contribution in [2.75, 3.05) is 5.32 Å². The van der Waals surface area contributed by atoms with Crippen LogP contribution in [-0.4, -0.2) is 15.9 Å². The van der Waals surface area contributed by atoms with Crippen LogP contribution in [0.2, 0.25) is 0 Å². The number of fused-ring (bicyclic) bond motifs is 1. The van der Waals surface area contributed by atoms with Gasteiger partial charge in [-0.3, -0.25) is 14.4 Å². The number of carbonyl (C=O) groups excluding carboxylic acids is 1. The van der Waals surface area contributed by atoms with Gasteiger partial charge in [0.1, 0.15) is 0 Å². The number of hydrogen-bond donors (Lipinski definition) is 3. The Morgan fingerprint density at radius 1 is 0.920 bits per heavy atom. The maximum atomic E-state index is 12.1. The third-order valence-corrected chi connectivity index (χ3v) is 4.08. The largest absolute Gasteiger partial charge is 0.326 e. The van der Waals surface area contributed by atoms with Crippen molar-refractivity contribution in [3.63, 3.8) is 0 Å². The quantitative estimate of drug-likeness (QED) is 0.624. The van der Waals surface area contributed by atoms with Crippen LogP contribution in [0.25, 0.3) is 11.0 Å². The summed E-state index contributed by atoms with van der Waals surface area (Å²) in [6.45, 7) is 2.11. The third kappa shape index (κ3) is 4.03. The molecular formula is C19H19N3O3. The molecule has 1 aromatic heterocycles. The lowest BCUT2D eigenvalue weighted by molar-refractivity contribution is -0.116. The van der Waals surface area contributed by atoms with Gasteiger partial charge in [0.2, 0.25) is 5.91 Å². The van der Waals surface area contributed by atoms with Crippen LogP contribution in [-0.2, 0) is 17.6 Å². The van der Waals surface area contributed by atoms with Gasteiger partial charge in [-0.1, -0.05) is 31.2 Å². The number of amides is 1. The summed E-state index contributed by atoms with van der Waals surface area (Å²) in [6, 6.07) is 13.2. The van der Waals surface area contributed by atoms with Crippen molar-refractivity contribution in [2.24, 2.45) is 0 Å². The van der Waals surface area contributed by atoms with E-state index in [2.05, 4.69) is 34.3 Å². The van der Waals surface area contributed by atoms with Gasteiger partial charge in [-0.2, -0.15) is 0 Å². The smallest absolute Gasteiger partial charge is 0.314 e. The average molecular weight is 337 g/mol. The first kappa shape index (κ1) is 16.7. The van der Waals surface area contributed by atoms with E-state index in [4.69, 9.17) is 0 Å². The van der Waals surface area contributed by atoms with E-state index in [0.717, 1.165) is 12.0 Å². The Kier molecular flexibility index (Phi) is 4.79. The molecule has 3 rings (SSSR count). The van der Waals surface area contributed by atoms with Gasteiger partial charge in [-0.15, -0.1) is 0 Å². The van der Waals surface area contributed by atoms with Gasteiger partial charge in [0.15, 0.2) is 0 Å². The lowest BCUT2D eigenvalue weighted by Crippen LogP contribution is -2.28. The van der Waals surface area contributed by atoms with E-state index in [-0.39, 0.29) is 5.91 Å². The van der Waals surface area contributed by atoms with Crippen molar-refractivity contribution in [3.8, 4) is 0 Å². The first-order valence-corrected chi connectivity index (χ1v) is 8.19. The Hall–Kier alpha value is -3.15. The molecule has 0 atom stereocenters. The van der Waals surface area contributed by atoms with E-state index in [9.17, 15) is 14.4 Å². The monoisotopic (exact) mass is 337 g/mol. The number of rotatable bonds is 5. The highest BCUT2D eigenvalue weighted by Crippen LogP contribution is 2.14. The number of benzene rings is 2. The Bertz CT molecular complexity index is 1020. The predicted octanol–water partition coefficient (Wildman–Crippen LogP) is 2.35. The highest BCUT2D eigenvalue weighted by atomic mass is 16.2. The molecule has 0 radical (unpaired) electrons. The first-order valence-electron chi connectivity index (χ1n) is 8.19. The fraction of sp³-hybridized carbons (Fsp3) is 0.211. The van der Waals surface area contributed by atoms with E-state index in [1.165, 1.54) is 5.56 Å². The molecule has 0 spiro atoms. The second-order valence-corrected chi connectivity index (χ2v) is 5.89. The summed E-state index contributed by atoms with van der Waals surface area (Å²) in [5, 5.41) is 2.81. The zero-order valence-electron chi connectivity index (χ0n) is 13.9. The highest BCUT2D eigenvalue weighted by molar-refractivity contribution is 5.93. The molecular weight excluding hydrogens is 318 g/mol. The fourth-order valence-electron chi connectivity index (χ4n) is 2.62. The summed E-state index contributed by atoms with van der Waals surface area (Å²) in [4.78, 5) is 39.8. The SMILES string of the molecule is CCc1ccc(CCC(=O)Nc2ccc3[nH]c(=O)c(=O)[nH]c3c2)cc1. The minimum atomic E-state index is -0.716. The Balaban J connectivity index is 1.65. The second kappa shape index (κ2) is 7.17. The van der Waals surface area contributed by atoms with Crippen LogP contribution in [0, 0.1) is 0 Å². The summed E-state index contributed by atoms with van der Waals surface area (Å²) in [5.74, 6) is -0.106. The molecule has 6 nitrogen and oxygen atoms in total. The van der Waals surface area contributed by atoms with Crippen molar-refractivity contribution in [3.05, 3.63) is 74.3 Å². The van der Waals surface area contributed by atoms with Crippen molar-refractivity contribution >= 4 is 22.6 Å². The molecule has 0 unspecified atom stereocenters. The molecule has 0 fully saturated rings. The number of carbonyl (C=O) groups is 1. The van der Waals surface area contributed by atoms with Crippen molar-refractivity contribution in [1.29, 1.82) is 0 Å². The van der Waals surface area contributed by atoms with Gasteiger partial charge in [0.05, 0.1) is 11.0 Å². The van der Waals surface area contributed by atoms with E-state index in [0.29, 0.717) is 29.6 Å². The van der Waals surface area contributed by atoms with Gasteiger partial charge in [0, 0.05) is 12.1 Å². The zero-order chi connectivity index (χ0) is 17.8. The fourth-order valence-corrected chi connectivity index (χ4v) is 2.62. The maximum Gasteiger partial charge on any atom is 0.314 e. The molecule has 3 N–H and O–H groups in total. The number of aromatic amines is 2. The number of aryl methyl sites for hydroxylation is 2. The molecule has 3 aromatic rings.